The largest absolute Gasteiger partial charge is 0.486 e. The van der Waals surface area contributed by atoms with Crippen LogP contribution in [-0.2, 0) is 6.54 Å². The molecule has 1 heterocycles. The van der Waals surface area contributed by atoms with Gasteiger partial charge >= 0.3 is 0 Å². The van der Waals surface area contributed by atoms with E-state index in [1.165, 1.54) is 0 Å². The normalized spacial score (nSPS) is 15.6. The van der Waals surface area contributed by atoms with Crippen LogP contribution >= 0.6 is 15.9 Å². The maximum Gasteiger partial charge on any atom is 0.175 e. The van der Waals surface area contributed by atoms with Crippen molar-refractivity contribution < 1.29 is 14.6 Å². The quantitative estimate of drug-likeness (QED) is 0.870. The molecule has 0 fully saturated rings. The number of rotatable bonds is 5. The average Bonchev–Trinajstić information content (AvgIpc) is 2.39. The number of hydrogen-bond acceptors (Lipinski definition) is 4. The minimum absolute atomic E-state index is 0.104. The number of halogens is 1. The van der Waals surface area contributed by atoms with Crippen LogP contribution in [0, 0.1) is 5.92 Å². The summed E-state index contributed by atoms with van der Waals surface area (Å²) in [6.07, 6.45) is 0. The zero-order valence-corrected chi connectivity index (χ0v) is 12.9. The highest BCUT2D eigenvalue weighted by molar-refractivity contribution is 9.10. The Bertz CT molecular complexity index is 437. The van der Waals surface area contributed by atoms with Crippen molar-refractivity contribution in [3.8, 4) is 11.5 Å². The third-order valence-corrected chi connectivity index (χ3v) is 3.82. The Morgan fingerprint density at radius 3 is 2.74 bits per heavy atom. The molecule has 0 aliphatic carbocycles. The molecule has 0 saturated heterocycles. The highest BCUT2D eigenvalue weighted by atomic mass is 79.9. The van der Waals surface area contributed by atoms with Crippen LogP contribution in [0.15, 0.2) is 16.6 Å². The van der Waals surface area contributed by atoms with Crippen molar-refractivity contribution in [2.24, 2.45) is 5.92 Å². The Balaban J connectivity index is 2.07. The van der Waals surface area contributed by atoms with Gasteiger partial charge in [-0.1, -0.05) is 13.8 Å². The number of nitrogens with one attached hydrogen (secondary N) is 1. The van der Waals surface area contributed by atoms with Gasteiger partial charge in [0.05, 0.1) is 11.1 Å². The fourth-order valence-electron chi connectivity index (χ4n) is 2.03. The highest BCUT2D eigenvalue weighted by Gasteiger charge is 2.17. The molecule has 0 aromatic heterocycles. The van der Waals surface area contributed by atoms with E-state index in [9.17, 15) is 5.11 Å². The molecule has 1 aromatic rings. The average molecular weight is 330 g/mol. The van der Waals surface area contributed by atoms with Gasteiger partial charge in [-0.05, 0) is 39.5 Å². The molecule has 0 bridgehead atoms. The van der Waals surface area contributed by atoms with E-state index >= 15 is 0 Å². The van der Waals surface area contributed by atoms with E-state index in [0.717, 1.165) is 21.5 Å². The van der Waals surface area contributed by atoms with E-state index in [2.05, 4.69) is 35.1 Å². The maximum atomic E-state index is 9.30. The Labute approximate surface area is 122 Å². The number of aliphatic hydroxyl groups is 1. The predicted octanol–water partition coefficient (Wildman–Crippen LogP) is 2.33. The van der Waals surface area contributed by atoms with E-state index in [-0.39, 0.29) is 12.6 Å². The molecule has 4 nitrogen and oxygen atoms in total. The molecule has 2 N–H and O–H groups in total. The summed E-state index contributed by atoms with van der Waals surface area (Å²) in [5, 5.41) is 12.7. The smallest absolute Gasteiger partial charge is 0.175 e. The van der Waals surface area contributed by atoms with Crippen LogP contribution in [0.2, 0.25) is 0 Å². The molecular formula is C14H20BrNO3. The van der Waals surface area contributed by atoms with E-state index in [0.29, 0.717) is 25.7 Å². The van der Waals surface area contributed by atoms with Crippen LogP contribution in [-0.4, -0.2) is 31.0 Å². The minimum Gasteiger partial charge on any atom is -0.486 e. The summed E-state index contributed by atoms with van der Waals surface area (Å²) >= 11 is 3.50. The number of hydrogen-bond donors (Lipinski definition) is 2. The van der Waals surface area contributed by atoms with Crippen molar-refractivity contribution in [1.29, 1.82) is 0 Å². The second kappa shape index (κ2) is 6.59. The van der Waals surface area contributed by atoms with E-state index in [1.807, 2.05) is 12.1 Å². The molecule has 5 heteroatoms. The first-order valence-electron chi connectivity index (χ1n) is 6.54. The molecule has 0 radical (unpaired) electrons. The van der Waals surface area contributed by atoms with Gasteiger partial charge in [0.1, 0.15) is 13.2 Å². The summed E-state index contributed by atoms with van der Waals surface area (Å²) in [4.78, 5) is 0. The molecule has 19 heavy (non-hydrogen) atoms. The van der Waals surface area contributed by atoms with Gasteiger partial charge in [-0.2, -0.15) is 0 Å². The van der Waals surface area contributed by atoms with Crippen LogP contribution in [0.4, 0.5) is 0 Å². The predicted molar refractivity (Wildman–Crippen MR) is 77.7 cm³/mol. The van der Waals surface area contributed by atoms with Crippen LogP contribution in [0.25, 0.3) is 0 Å². The SMILES string of the molecule is CC(C)[C@@H](CO)NCc1cc(Br)c2c(c1)OCCO2. The van der Waals surface area contributed by atoms with Crippen LogP contribution in [0.1, 0.15) is 19.4 Å². The lowest BCUT2D eigenvalue weighted by molar-refractivity contribution is 0.170. The van der Waals surface area contributed by atoms with Gasteiger partial charge in [0.25, 0.3) is 0 Å². The first-order valence-corrected chi connectivity index (χ1v) is 7.33. The molecular weight excluding hydrogens is 310 g/mol. The number of benzene rings is 1. The highest BCUT2D eigenvalue weighted by Crippen LogP contribution is 2.38. The van der Waals surface area contributed by atoms with Gasteiger partial charge in [-0.3, -0.25) is 0 Å². The number of ether oxygens (including phenoxy) is 2. The fraction of sp³-hybridized carbons (Fsp3) is 0.571. The van der Waals surface area contributed by atoms with Gasteiger partial charge in [0, 0.05) is 12.6 Å². The standard InChI is InChI=1S/C14H20BrNO3/c1-9(2)12(8-17)16-7-10-5-11(15)14-13(6-10)18-3-4-19-14/h5-6,9,12,16-17H,3-4,7-8H2,1-2H3/t12-/m1/s1. The molecule has 0 spiro atoms. The van der Waals surface area contributed by atoms with Crippen LogP contribution in [0.5, 0.6) is 11.5 Å². The van der Waals surface area contributed by atoms with Crippen molar-refractivity contribution in [3.05, 3.63) is 22.2 Å². The second-order valence-electron chi connectivity index (χ2n) is 5.02. The zero-order valence-electron chi connectivity index (χ0n) is 11.3. The van der Waals surface area contributed by atoms with Crippen molar-refractivity contribution in [1.82, 2.24) is 5.32 Å². The van der Waals surface area contributed by atoms with Gasteiger partial charge < -0.3 is 19.9 Å². The summed E-state index contributed by atoms with van der Waals surface area (Å²) in [5.74, 6) is 1.95. The first-order chi connectivity index (χ1) is 9.11. The van der Waals surface area contributed by atoms with Crippen molar-refractivity contribution in [2.45, 2.75) is 26.4 Å². The second-order valence-corrected chi connectivity index (χ2v) is 5.87. The Hall–Kier alpha value is -0.780. The summed E-state index contributed by atoms with van der Waals surface area (Å²) in [6, 6.07) is 4.11. The molecule has 0 saturated carbocycles. The van der Waals surface area contributed by atoms with Gasteiger partial charge in [-0.25, -0.2) is 0 Å². The van der Waals surface area contributed by atoms with Gasteiger partial charge in [0.2, 0.25) is 0 Å². The lowest BCUT2D eigenvalue weighted by Gasteiger charge is -2.22. The molecule has 1 aliphatic rings. The summed E-state index contributed by atoms with van der Waals surface area (Å²) < 4.78 is 12.1. The Morgan fingerprint density at radius 2 is 2.05 bits per heavy atom. The molecule has 2 rings (SSSR count). The summed E-state index contributed by atoms with van der Waals surface area (Å²) in [7, 11) is 0. The first kappa shape index (κ1) is 14.6. The Morgan fingerprint density at radius 1 is 1.32 bits per heavy atom. The molecule has 0 unspecified atom stereocenters. The molecule has 1 atom stereocenters. The monoisotopic (exact) mass is 329 g/mol. The molecule has 1 aromatic carbocycles. The van der Waals surface area contributed by atoms with E-state index in [1.54, 1.807) is 0 Å². The van der Waals surface area contributed by atoms with Crippen LogP contribution in [0.3, 0.4) is 0 Å². The van der Waals surface area contributed by atoms with E-state index < -0.39 is 0 Å². The molecule has 1 aliphatic heterocycles. The van der Waals surface area contributed by atoms with Crippen molar-refractivity contribution >= 4 is 15.9 Å². The number of fused-ring (bicyclic) bond motifs is 1. The molecule has 0 amide bonds. The van der Waals surface area contributed by atoms with E-state index in [4.69, 9.17) is 9.47 Å². The minimum atomic E-state index is 0.104. The summed E-state index contributed by atoms with van der Waals surface area (Å²) in [6.45, 7) is 6.19. The molecule has 106 valence electrons. The zero-order chi connectivity index (χ0) is 13.8. The van der Waals surface area contributed by atoms with Gasteiger partial charge in [0.15, 0.2) is 11.5 Å². The van der Waals surface area contributed by atoms with Crippen LogP contribution < -0.4 is 14.8 Å². The third kappa shape index (κ3) is 3.61. The lowest BCUT2D eigenvalue weighted by atomic mass is 10.0. The maximum absolute atomic E-state index is 9.30. The topological polar surface area (TPSA) is 50.7 Å². The fourth-order valence-corrected chi connectivity index (χ4v) is 2.63. The third-order valence-electron chi connectivity index (χ3n) is 3.23. The lowest BCUT2D eigenvalue weighted by Crippen LogP contribution is -2.36. The van der Waals surface area contributed by atoms with Crippen molar-refractivity contribution in [2.75, 3.05) is 19.8 Å². The van der Waals surface area contributed by atoms with Crippen molar-refractivity contribution in [3.63, 3.8) is 0 Å². The van der Waals surface area contributed by atoms with Gasteiger partial charge in [-0.15, -0.1) is 0 Å². The summed E-state index contributed by atoms with van der Waals surface area (Å²) in [5.41, 5.74) is 1.11. The Kier molecular flexibility index (Phi) is 5.07. The number of aliphatic hydroxyl groups excluding tert-OH is 1.